The highest BCUT2D eigenvalue weighted by molar-refractivity contribution is 7.85. The Morgan fingerprint density at radius 2 is 2.04 bits per heavy atom. The molecule has 0 spiro atoms. The van der Waals surface area contributed by atoms with Gasteiger partial charge in [-0.25, -0.2) is 4.98 Å². The van der Waals surface area contributed by atoms with Crippen LogP contribution in [0.25, 0.3) is 22.6 Å². The first-order valence-electron chi connectivity index (χ1n) is 6.81. The number of hydrogen-bond acceptors (Lipinski definition) is 3. The van der Waals surface area contributed by atoms with Crippen LogP contribution in [0.2, 0.25) is 0 Å². The van der Waals surface area contributed by atoms with Gasteiger partial charge in [-0.3, -0.25) is 9.19 Å². The summed E-state index contributed by atoms with van der Waals surface area (Å²) in [6, 6.07) is 6.63. The summed E-state index contributed by atoms with van der Waals surface area (Å²) in [7, 11) is -1.25. The van der Waals surface area contributed by atoms with E-state index in [4.69, 9.17) is 0 Å². The van der Waals surface area contributed by atoms with E-state index in [1.807, 2.05) is 0 Å². The van der Waals surface area contributed by atoms with E-state index in [0.717, 1.165) is 12.1 Å². The highest BCUT2D eigenvalue weighted by atomic mass is 32.2. The zero-order valence-corrected chi connectivity index (χ0v) is 12.8. The number of halogens is 3. The smallest absolute Gasteiger partial charge is 0.337 e. The van der Waals surface area contributed by atoms with Crippen molar-refractivity contribution in [1.29, 1.82) is 0 Å². The number of pyridine rings is 1. The molecule has 23 heavy (non-hydrogen) atoms. The van der Waals surface area contributed by atoms with Gasteiger partial charge >= 0.3 is 6.18 Å². The average molecular weight is 339 g/mol. The van der Waals surface area contributed by atoms with Crippen LogP contribution in [-0.4, -0.2) is 24.9 Å². The molecule has 0 saturated carbocycles. The van der Waals surface area contributed by atoms with Gasteiger partial charge < -0.3 is 4.98 Å². The van der Waals surface area contributed by atoms with Crippen LogP contribution in [0.5, 0.6) is 0 Å². The van der Waals surface area contributed by atoms with Crippen LogP contribution in [-0.2, 0) is 17.0 Å². The Balaban J connectivity index is 2.13. The Morgan fingerprint density at radius 1 is 1.26 bits per heavy atom. The van der Waals surface area contributed by atoms with Crippen LogP contribution in [0.1, 0.15) is 12.5 Å². The number of alkyl halides is 3. The summed E-state index contributed by atoms with van der Waals surface area (Å²) >= 11 is 0. The molecule has 2 heterocycles. The van der Waals surface area contributed by atoms with Crippen molar-refractivity contribution >= 4 is 21.8 Å². The number of aromatic nitrogens is 3. The lowest BCUT2D eigenvalue weighted by Crippen LogP contribution is -2.04. The van der Waals surface area contributed by atoms with E-state index >= 15 is 0 Å². The maximum atomic E-state index is 12.8. The molecular formula is C15H12F3N3OS. The zero-order valence-electron chi connectivity index (χ0n) is 12.0. The lowest BCUT2D eigenvalue weighted by atomic mass is 10.2. The molecule has 4 nitrogen and oxygen atoms in total. The fraction of sp³-hybridized carbons (Fsp3) is 0.200. The van der Waals surface area contributed by atoms with Crippen LogP contribution in [0, 0.1) is 0 Å². The molecule has 120 valence electrons. The molecular weight excluding hydrogens is 327 g/mol. The van der Waals surface area contributed by atoms with E-state index in [1.165, 1.54) is 12.3 Å². The number of H-pyrrole nitrogens is 1. The van der Waals surface area contributed by atoms with Crippen molar-refractivity contribution < 1.29 is 17.4 Å². The summed E-state index contributed by atoms with van der Waals surface area (Å²) in [6.45, 7) is 1.78. The number of imidazole rings is 1. The maximum Gasteiger partial charge on any atom is 0.416 e. The second-order valence-electron chi connectivity index (χ2n) is 4.80. The summed E-state index contributed by atoms with van der Waals surface area (Å²) in [5.74, 6) is 0.716. The molecule has 1 aromatic carbocycles. The van der Waals surface area contributed by atoms with Crippen molar-refractivity contribution in [2.45, 2.75) is 18.0 Å². The number of nitrogens with zero attached hydrogens (tertiary/aromatic N) is 2. The third-order valence-corrected chi connectivity index (χ3v) is 4.66. The molecule has 0 radical (unpaired) electrons. The molecule has 0 fully saturated rings. The van der Waals surface area contributed by atoms with E-state index in [0.29, 0.717) is 27.7 Å². The average Bonchev–Trinajstić information content (AvgIpc) is 2.96. The fourth-order valence-electron chi connectivity index (χ4n) is 2.21. The lowest BCUT2D eigenvalue weighted by molar-refractivity contribution is -0.137. The SMILES string of the molecule is CCS(=O)c1cccnc1-c1nc2ccc(C(F)(F)F)cc2[nH]1. The van der Waals surface area contributed by atoms with Gasteiger partial charge in [0.05, 0.1) is 32.3 Å². The topological polar surface area (TPSA) is 58.6 Å². The minimum atomic E-state index is -4.42. The minimum absolute atomic E-state index is 0.258. The summed E-state index contributed by atoms with van der Waals surface area (Å²) < 4.78 is 50.4. The van der Waals surface area contributed by atoms with E-state index in [2.05, 4.69) is 15.0 Å². The van der Waals surface area contributed by atoms with Gasteiger partial charge in [-0.05, 0) is 30.3 Å². The van der Waals surface area contributed by atoms with Gasteiger partial charge in [-0.2, -0.15) is 13.2 Å². The Labute approximate surface area is 132 Å². The highest BCUT2D eigenvalue weighted by Crippen LogP contribution is 2.32. The first-order chi connectivity index (χ1) is 10.9. The molecule has 1 N–H and O–H groups in total. The molecule has 0 aliphatic heterocycles. The van der Waals surface area contributed by atoms with Crippen LogP contribution < -0.4 is 0 Å². The standard InChI is InChI=1S/C15H12F3N3OS/c1-2-23(22)12-4-3-7-19-13(12)14-20-10-6-5-9(15(16,17)18)8-11(10)21-14/h3-8H,2H2,1H3,(H,20,21). The molecule has 0 bridgehead atoms. The van der Waals surface area contributed by atoms with Crippen molar-refractivity contribution in [2.24, 2.45) is 0 Å². The van der Waals surface area contributed by atoms with Crippen molar-refractivity contribution in [3.05, 3.63) is 42.1 Å². The second-order valence-corrected chi connectivity index (χ2v) is 6.51. The minimum Gasteiger partial charge on any atom is -0.337 e. The van der Waals surface area contributed by atoms with Crippen LogP contribution in [0.3, 0.4) is 0 Å². The van der Waals surface area contributed by atoms with Gasteiger partial charge in [0.25, 0.3) is 0 Å². The predicted octanol–water partition coefficient (Wildman–Crippen LogP) is 3.77. The van der Waals surface area contributed by atoms with E-state index in [1.54, 1.807) is 19.1 Å². The Kier molecular flexibility index (Phi) is 3.93. The zero-order chi connectivity index (χ0) is 16.6. The van der Waals surface area contributed by atoms with Gasteiger partial charge in [0.15, 0.2) is 5.82 Å². The van der Waals surface area contributed by atoms with E-state index < -0.39 is 22.5 Å². The van der Waals surface area contributed by atoms with E-state index in [9.17, 15) is 17.4 Å². The number of rotatable bonds is 3. The molecule has 1 atom stereocenters. The molecule has 0 aliphatic carbocycles. The number of nitrogens with one attached hydrogen (secondary N) is 1. The predicted molar refractivity (Wildman–Crippen MR) is 81.3 cm³/mol. The van der Waals surface area contributed by atoms with Gasteiger partial charge in [-0.15, -0.1) is 0 Å². The number of benzene rings is 1. The Bertz CT molecular complexity index is 889. The molecule has 2 aromatic heterocycles. The maximum absolute atomic E-state index is 12.8. The third kappa shape index (κ3) is 2.98. The molecule has 0 amide bonds. The summed E-state index contributed by atoms with van der Waals surface area (Å²) in [5.41, 5.74) is 0.289. The Hall–Kier alpha value is -2.22. The summed E-state index contributed by atoms with van der Waals surface area (Å²) in [5, 5.41) is 0. The molecule has 8 heteroatoms. The first kappa shape index (κ1) is 15.7. The van der Waals surface area contributed by atoms with Gasteiger partial charge in [0, 0.05) is 11.9 Å². The third-order valence-electron chi connectivity index (χ3n) is 3.31. The highest BCUT2D eigenvalue weighted by Gasteiger charge is 2.30. The summed E-state index contributed by atoms with van der Waals surface area (Å²) in [6.07, 6.45) is -2.89. The molecule has 3 rings (SSSR count). The van der Waals surface area contributed by atoms with E-state index in [-0.39, 0.29) is 5.52 Å². The molecule has 1 unspecified atom stereocenters. The van der Waals surface area contributed by atoms with Crippen molar-refractivity contribution in [2.75, 3.05) is 5.75 Å². The quantitative estimate of drug-likeness (QED) is 0.790. The number of fused-ring (bicyclic) bond motifs is 1. The van der Waals surface area contributed by atoms with Crippen molar-refractivity contribution in [3.63, 3.8) is 0 Å². The van der Waals surface area contributed by atoms with Crippen LogP contribution in [0.4, 0.5) is 13.2 Å². The van der Waals surface area contributed by atoms with Gasteiger partial charge in [0.2, 0.25) is 0 Å². The molecule has 3 aromatic rings. The second kappa shape index (κ2) is 5.77. The Morgan fingerprint density at radius 3 is 2.74 bits per heavy atom. The monoisotopic (exact) mass is 339 g/mol. The van der Waals surface area contributed by atoms with Crippen LogP contribution >= 0.6 is 0 Å². The first-order valence-corrected chi connectivity index (χ1v) is 8.12. The number of hydrogen-bond donors (Lipinski definition) is 1. The van der Waals surface area contributed by atoms with Crippen molar-refractivity contribution in [1.82, 2.24) is 15.0 Å². The largest absolute Gasteiger partial charge is 0.416 e. The molecule has 0 aliphatic rings. The normalized spacial score (nSPS) is 13.4. The van der Waals surface area contributed by atoms with Crippen LogP contribution in [0.15, 0.2) is 41.4 Å². The summed E-state index contributed by atoms with van der Waals surface area (Å²) in [4.78, 5) is 11.8. The fourth-order valence-corrected chi connectivity index (χ4v) is 3.11. The molecule has 0 saturated heterocycles. The van der Waals surface area contributed by atoms with Crippen molar-refractivity contribution in [3.8, 4) is 11.5 Å². The van der Waals surface area contributed by atoms with Gasteiger partial charge in [0.1, 0.15) is 5.69 Å². The lowest BCUT2D eigenvalue weighted by Gasteiger charge is -2.05. The van der Waals surface area contributed by atoms with Gasteiger partial charge in [-0.1, -0.05) is 6.92 Å². The number of aromatic amines is 1.